The molecule has 1 amide bonds. The molecule has 4 heteroatoms. The van der Waals surface area contributed by atoms with E-state index in [2.05, 4.69) is 48.0 Å². The Bertz CT molecular complexity index is 586. The maximum Gasteiger partial charge on any atom is 0.219 e. The van der Waals surface area contributed by atoms with E-state index in [0.29, 0.717) is 18.9 Å². The largest absolute Gasteiger partial charge is 0.370 e. The third-order valence-corrected chi connectivity index (χ3v) is 3.34. The Morgan fingerprint density at radius 2 is 2.15 bits per heavy atom. The molecule has 0 aliphatic carbocycles. The van der Waals surface area contributed by atoms with Crippen LogP contribution in [0.3, 0.4) is 0 Å². The van der Waals surface area contributed by atoms with Crippen LogP contribution in [0.15, 0.2) is 30.5 Å². The number of carbonyl (C=O) groups excluding carboxylic acids is 1. The van der Waals surface area contributed by atoms with Crippen molar-refractivity contribution in [3.05, 3.63) is 36.0 Å². The summed E-state index contributed by atoms with van der Waals surface area (Å²) in [4.78, 5) is 11.0. The second-order valence-electron chi connectivity index (χ2n) is 5.61. The van der Waals surface area contributed by atoms with E-state index in [0.717, 1.165) is 13.1 Å². The molecular weight excluding hydrogens is 250 g/mol. The highest BCUT2D eigenvalue weighted by atomic mass is 16.1. The first-order chi connectivity index (χ1) is 9.58. The average molecular weight is 273 g/mol. The number of hydrogen-bond acceptors (Lipinski definition) is 2. The lowest BCUT2D eigenvalue weighted by molar-refractivity contribution is -0.118. The molecule has 20 heavy (non-hydrogen) atoms. The van der Waals surface area contributed by atoms with Crippen LogP contribution in [0.25, 0.3) is 10.9 Å². The molecule has 0 unspecified atom stereocenters. The minimum atomic E-state index is -0.262. The topological polar surface area (TPSA) is 60.1 Å². The van der Waals surface area contributed by atoms with Gasteiger partial charge >= 0.3 is 0 Å². The van der Waals surface area contributed by atoms with Gasteiger partial charge in [0.15, 0.2) is 0 Å². The maximum atomic E-state index is 11.0. The Morgan fingerprint density at radius 1 is 1.35 bits per heavy atom. The molecule has 108 valence electrons. The van der Waals surface area contributed by atoms with Gasteiger partial charge in [0.05, 0.1) is 5.52 Å². The summed E-state index contributed by atoms with van der Waals surface area (Å²) in [6.07, 6.45) is 2.40. The third-order valence-electron chi connectivity index (χ3n) is 3.34. The van der Waals surface area contributed by atoms with Gasteiger partial charge in [-0.3, -0.25) is 4.79 Å². The lowest BCUT2D eigenvalue weighted by Gasteiger charge is -2.11. The monoisotopic (exact) mass is 273 g/mol. The van der Waals surface area contributed by atoms with Crippen molar-refractivity contribution in [1.82, 2.24) is 9.88 Å². The average Bonchev–Trinajstić information content (AvgIpc) is 2.80. The number of fused-ring (bicyclic) bond motifs is 1. The first-order valence-electron chi connectivity index (χ1n) is 7.13. The van der Waals surface area contributed by atoms with Crippen molar-refractivity contribution in [2.24, 2.45) is 11.7 Å². The molecule has 0 atom stereocenters. The Hall–Kier alpha value is -1.81. The van der Waals surface area contributed by atoms with Crippen LogP contribution in [0.2, 0.25) is 0 Å². The highest BCUT2D eigenvalue weighted by Crippen LogP contribution is 2.20. The molecule has 4 nitrogen and oxygen atoms in total. The summed E-state index contributed by atoms with van der Waals surface area (Å²) >= 11 is 0. The fourth-order valence-corrected chi connectivity index (χ4v) is 2.40. The molecule has 2 aromatic rings. The van der Waals surface area contributed by atoms with E-state index in [1.165, 1.54) is 16.5 Å². The maximum absolute atomic E-state index is 11.0. The number of nitrogens with two attached hydrogens (primary N) is 1. The standard InChI is InChI=1S/C16H23N3O/c1-12(2)10-18-11-14-5-3-4-13-6-8-19(16(13)14)9-7-15(17)20/h3-6,8,12,18H,7,9-11H2,1-2H3,(H2,17,20). The normalized spacial score (nSPS) is 11.3. The molecular formula is C16H23N3O. The van der Waals surface area contributed by atoms with Crippen LogP contribution in [-0.4, -0.2) is 17.0 Å². The summed E-state index contributed by atoms with van der Waals surface area (Å²) in [5.41, 5.74) is 7.70. The van der Waals surface area contributed by atoms with Gasteiger partial charge in [-0.15, -0.1) is 0 Å². The third kappa shape index (κ3) is 3.61. The van der Waals surface area contributed by atoms with Crippen LogP contribution in [0.1, 0.15) is 25.8 Å². The second kappa shape index (κ2) is 6.57. The van der Waals surface area contributed by atoms with Gasteiger partial charge < -0.3 is 15.6 Å². The number of para-hydroxylation sites is 1. The number of amides is 1. The lowest BCUT2D eigenvalue weighted by atomic mass is 10.1. The van der Waals surface area contributed by atoms with E-state index in [-0.39, 0.29) is 5.91 Å². The Balaban J connectivity index is 2.20. The summed E-state index contributed by atoms with van der Waals surface area (Å²) in [6, 6.07) is 8.40. The number of rotatable bonds is 7. The fourth-order valence-electron chi connectivity index (χ4n) is 2.40. The van der Waals surface area contributed by atoms with Crippen molar-refractivity contribution in [1.29, 1.82) is 0 Å². The molecule has 0 bridgehead atoms. The molecule has 2 rings (SSSR count). The Labute approximate surface area is 120 Å². The minimum absolute atomic E-state index is 0.262. The predicted molar refractivity (Wildman–Crippen MR) is 82.3 cm³/mol. The van der Waals surface area contributed by atoms with Gasteiger partial charge in [-0.05, 0) is 29.5 Å². The van der Waals surface area contributed by atoms with Crippen LogP contribution in [0.5, 0.6) is 0 Å². The number of hydrogen-bond donors (Lipinski definition) is 2. The van der Waals surface area contributed by atoms with E-state index in [1.54, 1.807) is 0 Å². The number of nitrogens with one attached hydrogen (secondary N) is 1. The van der Waals surface area contributed by atoms with E-state index in [9.17, 15) is 4.79 Å². The van der Waals surface area contributed by atoms with Gasteiger partial charge in [0.1, 0.15) is 0 Å². The summed E-state index contributed by atoms with van der Waals surface area (Å²) in [5.74, 6) is 0.373. The van der Waals surface area contributed by atoms with Crippen LogP contribution in [-0.2, 0) is 17.9 Å². The zero-order valence-corrected chi connectivity index (χ0v) is 12.2. The highest BCUT2D eigenvalue weighted by Gasteiger charge is 2.07. The molecule has 1 heterocycles. The van der Waals surface area contributed by atoms with E-state index in [1.807, 2.05) is 6.20 Å². The quantitative estimate of drug-likeness (QED) is 0.813. The molecule has 1 aromatic heterocycles. The second-order valence-corrected chi connectivity index (χ2v) is 5.61. The molecule has 0 spiro atoms. The molecule has 0 aliphatic heterocycles. The van der Waals surface area contributed by atoms with Crippen molar-refractivity contribution in [3.63, 3.8) is 0 Å². The van der Waals surface area contributed by atoms with Crippen LogP contribution in [0, 0.1) is 5.92 Å². The number of aryl methyl sites for hydroxylation is 1. The zero-order valence-electron chi connectivity index (χ0n) is 12.2. The van der Waals surface area contributed by atoms with Crippen LogP contribution >= 0.6 is 0 Å². The van der Waals surface area contributed by atoms with Gasteiger partial charge in [0.2, 0.25) is 5.91 Å². The highest BCUT2D eigenvalue weighted by molar-refractivity contribution is 5.83. The van der Waals surface area contributed by atoms with Gasteiger partial charge in [0, 0.05) is 25.7 Å². The first kappa shape index (κ1) is 14.6. The number of benzene rings is 1. The van der Waals surface area contributed by atoms with Crippen molar-refractivity contribution < 1.29 is 4.79 Å². The van der Waals surface area contributed by atoms with E-state index < -0.39 is 0 Å². The summed E-state index contributed by atoms with van der Waals surface area (Å²) < 4.78 is 2.12. The molecule has 1 aromatic carbocycles. The number of aromatic nitrogens is 1. The van der Waals surface area contributed by atoms with Crippen LogP contribution in [0.4, 0.5) is 0 Å². The Morgan fingerprint density at radius 3 is 2.85 bits per heavy atom. The zero-order chi connectivity index (χ0) is 14.5. The summed E-state index contributed by atoms with van der Waals surface area (Å²) in [5, 5.41) is 4.68. The van der Waals surface area contributed by atoms with Crippen molar-refractivity contribution in [2.45, 2.75) is 33.4 Å². The summed E-state index contributed by atoms with van der Waals surface area (Å²) in [7, 11) is 0. The van der Waals surface area contributed by atoms with Crippen molar-refractivity contribution in [2.75, 3.05) is 6.54 Å². The summed E-state index contributed by atoms with van der Waals surface area (Å²) in [6.45, 7) is 6.88. The van der Waals surface area contributed by atoms with Gasteiger partial charge in [-0.25, -0.2) is 0 Å². The number of primary amides is 1. The van der Waals surface area contributed by atoms with E-state index in [4.69, 9.17) is 5.73 Å². The minimum Gasteiger partial charge on any atom is -0.370 e. The molecule has 0 radical (unpaired) electrons. The van der Waals surface area contributed by atoms with E-state index >= 15 is 0 Å². The smallest absolute Gasteiger partial charge is 0.219 e. The van der Waals surface area contributed by atoms with Crippen LogP contribution < -0.4 is 11.1 Å². The first-order valence-corrected chi connectivity index (χ1v) is 7.13. The lowest BCUT2D eigenvalue weighted by Crippen LogP contribution is -2.19. The van der Waals surface area contributed by atoms with Gasteiger partial charge in [-0.1, -0.05) is 32.0 Å². The number of nitrogens with zero attached hydrogens (tertiary/aromatic N) is 1. The molecule has 0 fully saturated rings. The predicted octanol–water partition coefficient (Wildman–Crippen LogP) is 2.26. The van der Waals surface area contributed by atoms with Gasteiger partial charge in [0.25, 0.3) is 0 Å². The fraction of sp³-hybridized carbons (Fsp3) is 0.438. The number of carbonyl (C=O) groups is 1. The molecule has 3 N–H and O–H groups in total. The molecule has 0 aliphatic rings. The molecule has 0 saturated heterocycles. The van der Waals surface area contributed by atoms with Crippen molar-refractivity contribution in [3.8, 4) is 0 Å². The van der Waals surface area contributed by atoms with Crippen molar-refractivity contribution >= 4 is 16.8 Å². The van der Waals surface area contributed by atoms with Gasteiger partial charge in [-0.2, -0.15) is 0 Å². The SMILES string of the molecule is CC(C)CNCc1cccc2ccn(CCC(N)=O)c12. The molecule has 0 saturated carbocycles. The Kier molecular flexibility index (Phi) is 4.79.